The minimum Gasteiger partial charge on any atom is -0.497 e. The lowest BCUT2D eigenvalue weighted by Crippen LogP contribution is -2.19. The van der Waals surface area contributed by atoms with Crippen LogP contribution in [0.15, 0.2) is 24.3 Å². The van der Waals surface area contributed by atoms with Gasteiger partial charge in [0.1, 0.15) is 5.75 Å². The molecule has 0 radical (unpaired) electrons. The number of ether oxygens (including phenoxy) is 1. The Morgan fingerprint density at radius 1 is 1.43 bits per heavy atom. The normalized spacial score (nSPS) is 13.6. The van der Waals surface area contributed by atoms with Crippen LogP contribution < -0.4 is 9.88 Å². The summed E-state index contributed by atoms with van der Waals surface area (Å²) in [6.07, 6.45) is 0. The lowest BCUT2D eigenvalue weighted by atomic mass is 10.1. The van der Waals surface area contributed by atoms with Gasteiger partial charge in [-0.2, -0.15) is 0 Å². The molecule has 14 heavy (non-hydrogen) atoms. The van der Waals surface area contributed by atoms with Crippen molar-refractivity contribution in [2.75, 3.05) is 7.11 Å². The van der Waals surface area contributed by atoms with Crippen molar-refractivity contribution in [1.82, 2.24) is 0 Å². The van der Waals surface area contributed by atoms with E-state index in [4.69, 9.17) is 9.88 Å². The van der Waals surface area contributed by atoms with Crippen molar-refractivity contribution < 1.29 is 13.2 Å². The van der Waals surface area contributed by atoms with Gasteiger partial charge in [0, 0.05) is 0 Å². The third-order valence-electron chi connectivity index (χ3n) is 2.06. The number of nitrogens with two attached hydrogens (primary N) is 1. The second-order valence-electron chi connectivity index (χ2n) is 3.01. The van der Waals surface area contributed by atoms with E-state index in [0.29, 0.717) is 11.3 Å². The van der Waals surface area contributed by atoms with Gasteiger partial charge in [0.05, 0.1) is 12.4 Å². The average Bonchev–Trinajstić information content (AvgIpc) is 2.15. The molecule has 78 valence electrons. The fraction of sp³-hybridized carbons (Fsp3) is 0.333. The topological polar surface area (TPSA) is 69.4 Å². The van der Waals surface area contributed by atoms with Gasteiger partial charge in [-0.05, 0) is 24.6 Å². The summed E-state index contributed by atoms with van der Waals surface area (Å²) in [7, 11) is -2.01. The van der Waals surface area contributed by atoms with E-state index in [2.05, 4.69) is 0 Å². The number of primary sulfonamides is 1. The number of methoxy groups -OCH3 is 1. The van der Waals surface area contributed by atoms with E-state index in [-0.39, 0.29) is 0 Å². The molecule has 0 fully saturated rings. The van der Waals surface area contributed by atoms with Crippen LogP contribution in [0.1, 0.15) is 17.7 Å². The summed E-state index contributed by atoms with van der Waals surface area (Å²) in [6, 6.07) is 6.85. The van der Waals surface area contributed by atoms with E-state index in [1.54, 1.807) is 31.2 Å². The first-order chi connectivity index (χ1) is 6.45. The molecule has 1 aromatic rings. The Labute approximate surface area is 83.7 Å². The van der Waals surface area contributed by atoms with Crippen LogP contribution in [0.2, 0.25) is 0 Å². The molecule has 0 amide bonds. The summed E-state index contributed by atoms with van der Waals surface area (Å²) < 4.78 is 27.1. The molecular weight excluding hydrogens is 202 g/mol. The molecule has 0 saturated heterocycles. The molecular formula is C9H13NO3S. The third kappa shape index (κ3) is 2.46. The Kier molecular flexibility index (Phi) is 3.13. The predicted molar refractivity (Wildman–Crippen MR) is 54.5 cm³/mol. The van der Waals surface area contributed by atoms with Crippen LogP contribution in [0.4, 0.5) is 0 Å². The molecule has 0 aliphatic carbocycles. The van der Waals surface area contributed by atoms with Crippen molar-refractivity contribution in [3.8, 4) is 5.75 Å². The van der Waals surface area contributed by atoms with Gasteiger partial charge in [0.25, 0.3) is 0 Å². The second kappa shape index (κ2) is 3.98. The molecule has 1 rings (SSSR count). The van der Waals surface area contributed by atoms with Crippen LogP contribution in [-0.2, 0) is 10.0 Å². The summed E-state index contributed by atoms with van der Waals surface area (Å²) >= 11 is 0. The summed E-state index contributed by atoms with van der Waals surface area (Å²) in [5, 5.41) is 4.32. The number of hydrogen-bond donors (Lipinski definition) is 1. The van der Waals surface area contributed by atoms with Crippen molar-refractivity contribution in [2.24, 2.45) is 5.14 Å². The maximum absolute atomic E-state index is 11.1. The molecule has 1 aromatic carbocycles. The highest BCUT2D eigenvalue weighted by atomic mass is 32.2. The Morgan fingerprint density at radius 3 is 2.57 bits per heavy atom. The number of benzene rings is 1. The molecule has 0 bridgehead atoms. The second-order valence-corrected chi connectivity index (χ2v) is 4.89. The molecule has 0 heterocycles. The van der Waals surface area contributed by atoms with Gasteiger partial charge in [0.15, 0.2) is 0 Å². The van der Waals surface area contributed by atoms with Crippen molar-refractivity contribution >= 4 is 10.0 Å². The van der Waals surface area contributed by atoms with E-state index < -0.39 is 15.3 Å². The first-order valence-electron chi connectivity index (χ1n) is 4.10. The molecule has 5 heteroatoms. The zero-order valence-electron chi connectivity index (χ0n) is 8.10. The maximum atomic E-state index is 11.1. The van der Waals surface area contributed by atoms with Crippen LogP contribution >= 0.6 is 0 Å². The number of hydrogen-bond acceptors (Lipinski definition) is 3. The van der Waals surface area contributed by atoms with E-state index in [0.717, 1.165) is 0 Å². The Morgan fingerprint density at radius 2 is 2.07 bits per heavy atom. The van der Waals surface area contributed by atoms with Crippen LogP contribution in [-0.4, -0.2) is 15.5 Å². The van der Waals surface area contributed by atoms with Crippen LogP contribution in [0.3, 0.4) is 0 Å². The highest BCUT2D eigenvalue weighted by Gasteiger charge is 2.17. The zero-order chi connectivity index (χ0) is 10.8. The van der Waals surface area contributed by atoms with Crippen molar-refractivity contribution in [1.29, 1.82) is 0 Å². The van der Waals surface area contributed by atoms with Gasteiger partial charge in [-0.3, -0.25) is 0 Å². The molecule has 0 unspecified atom stereocenters. The minimum atomic E-state index is -3.54. The summed E-state index contributed by atoms with van der Waals surface area (Å²) in [4.78, 5) is 0. The fourth-order valence-electron chi connectivity index (χ4n) is 1.08. The molecule has 0 aliphatic heterocycles. The van der Waals surface area contributed by atoms with E-state index in [1.165, 1.54) is 7.11 Å². The number of sulfonamides is 1. The third-order valence-corrected chi connectivity index (χ3v) is 3.31. The molecule has 0 aromatic heterocycles. The number of rotatable bonds is 3. The Bertz CT molecular complexity index is 414. The first-order valence-corrected chi connectivity index (χ1v) is 5.71. The van der Waals surface area contributed by atoms with Gasteiger partial charge in [-0.15, -0.1) is 0 Å². The van der Waals surface area contributed by atoms with Gasteiger partial charge in [0.2, 0.25) is 10.0 Å². The minimum absolute atomic E-state index is 0.623. The average molecular weight is 215 g/mol. The van der Waals surface area contributed by atoms with Crippen LogP contribution in [0.5, 0.6) is 5.75 Å². The zero-order valence-corrected chi connectivity index (χ0v) is 8.91. The predicted octanol–water partition coefficient (Wildman–Crippen LogP) is 1.04. The van der Waals surface area contributed by atoms with Gasteiger partial charge < -0.3 is 4.74 Å². The van der Waals surface area contributed by atoms with Gasteiger partial charge >= 0.3 is 0 Å². The molecule has 0 spiro atoms. The standard InChI is InChI=1S/C9H13NO3S/c1-7(14(10,11)12)8-4-3-5-9(6-8)13-2/h3-7H,1-2H3,(H2,10,11,12)/t7-/m0/s1. The van der Waals surface area contributed by atoms with Gasteiger partial charge in [-0.25, -0.2) is 13.6 Å². The summed E-state index contributed by atoms with van der Waals surface area (Å²) in [5.74, 6) is 0.623. The van der Waals surface area contributed by atoms with Crippen LogP contribution in [0.25, 0.3) is 0 Å². The molecule has 0 aliphatic rings. The fourth-order valence-corrected chi connectivity index (χ4v) is 1.61. The maximum Gasteiger partial charge on any atom is 0.215 e. The highest BCUT2D eigenvalue weighted by molar-refractivity contribution is 7.89. The molecule has 1 atom stereocenters. The smallest absolute Gasteiger partial charge is 0.215 e. The lowest BCUT2D eigenvalue weighted by Gasteiger charge is -2.10. The molecule has 2 N–H and O–H groups in total. The quantitative estimate of drug-likeness (QED) is 0.819. The largest absolute Gasteiger partial charge is 0.497 e. The van der Waals surface area contributed by atoms with Crippen molar-refractivity contribution in [2.45, 2.75) is 12.2 Å². The van der Waals surface area contributed by atoms with Crippen molar-refractivity contribution in [3.05, 3.63) is 29.8 Å². The van der Waals surface area contributed by atoms with E-state index >= 15 is 0 Å². The summed E-state index contributed by atoms with van der Waals surface area (Å²) in [5.41, 5.74) is 0.631. The van der Waals surface area contributed by atoms with E-state index in [1.807, 2.05) is 0 Å². The SMILES string of the molecule is COc1cccc([C@H](C)S(N)(=O)=O)c1. The molecule has 4 nitrogen and oxygen atoms in total. The van der Waals surface area contributed by atoms with Gasteiger partial charge in [-0.1, -0.05) is 12.1 Å². The highest BCUT2D eigenvalue weighted by Crippen LogP contribution is 2.22. The lowest BCUT2D eigenvalue weighted by molar-refractivity contribution is 0.414. The Balaban J connectivity index is 3.08. The monoisotopic (exact) mass is 215 g/mol. The Hall–Kier alpha value is -1.07. The van der Waals surface area contributed by atoms with E-state index in [9.17, 15) is 8.42 Å². The summed E-state index contributed by atoms with van der Waals surface area (Å²) in [6.45, 7) is 1.55. The molecule has 0 saturated carbocycles. The first kappa shape index (κ1) is 11.0. The van der Waals surface area contributed by atoms with Crippen LogP contribution in [0, 0.1) is 0 Å². The van der Waals surface area contributed by atoms with Crippen molar-refractivity contribution in [3.63, 3.8) is 0 Å².